The van der Waals surface area contributed by atoms with E-state index in [1.165, 1.54) is 23.1 Å². The molecule has 2 aromatic rings. The van der Waals surface area contributed by atoms with Crippen molar-refractivity contribution in [2.45, 2.75) is 33.1 Å². The average molecular weight is 343 g/mol. The first-order valence-electron chi connectivity index (χ1n) is 7.36. The van der Waals surface area contributed by atoms with Crippen LogP contribution in [0.1, 0.15) is 26.3 Å². The second-order valence-corrected chi connectivity index (χ2v) is 5.28. The van der Waals surface area contributed by atoms with Crippen LogP contribution in [0.25, 0.3) is 0 Å². The molecule has 0 atom stereocenters. The largest absolute Gasteiger partial charge is 0.474 e. The summed E-state index contributed by atoms with van der Waals surface area (Å²) in [5, 5.41) is 0. The number of hydrogen-bond acceptors (Lipinski definition) is 4. The maximum absolute atomic E-state index is 13.4. The topological polar surface area (TPSA) is 38.2 Å². The highest BCUT2D eigenvalue weighted by Gasteiger charge is 2.37. The molecular formula is C16H17F4N3O. The number of halogens is 4. The minimum absolute atomic E-state index is 0.00625. The molecular weight excluding hydrogens is 326 g/mol. The Morgan fingerprint density at radius 1 is 1.25 bits per heavy atom. The Bertz CT molecular complexity index is 704. The molecule has 1 aromatic carbocycles. The number of benzene rings is 1. The van der Waals surface area contributed by atoms with Crippen molar-refractivity contribution < 1.29 is 22.3 Å². The summed E-state index contributed by atoms with van der Waals surface area (Å²) >= 11 is 0. The summed E-state index contributed by atoms with van der Waals surface area (Å²) in [6.07, 6.45) is -4.43. The number of aromatic nitrogens is 2. The van der Waals surface area contributed by atoms with E-state index in [9.17, 15) is 17.6 Å². The zero-order valence-electron chi connectivity index (χ0n) is 13.4. The SMILES string of the molecule is CCN(c1cccc(F)c1)c1ncc(C(F)(F)F)c(OC(C)C)n1. The Labute approximate surface area is 137 Å². The molecule has 130 valence electrons. The lowest BCUT2D eigenvalue weighted by molar-refractivity contribution is -0.139. The van der Waals surface area contributed by atoms with Gasteiger partial charge in [-0.2, -0.15) is 18.2 Å². The van der Waals surface area contributed by atoms with E-state index < -0.39 is 29.5 Å². The Morgan fingerprint density at radius 2 is 1.96 bits per heavy atom. The summed E-state index contributed by atoms with van der Waals surface area (Å²) in [5.74, 6) is -0.999. The number of rotatable bonds is 5. The molecule has 0 aliphatic carbocycles. The molecule has 0 N–H and O–H groups in total. The molecule has 0 saturated carbocycles. The summed E-state index contributed by atoms with van der Waals surface area (Å²) < 4.78 is 57.8. The van der Waals surface area contributed by atoms with Gasteiger partial charge in [0.2, 0.25) is 11.8 Å². The van der Waals surface area contributed by atoms with Gasteiger partial charge in [-0.15, -0.1) is 0 Å². The van der Waals surface area contributed by atoms with Crippen molar-refractivity contribution in [3.8, 4) is 5.88 Å². The van der Waals surface area contributed by atoms with Gasteiger partial charge >= 0.3 is 6.18 Å². The maximum atomic E-state index is 13.4. The molecule has 1 heterocycles. The van der Waals surface area contributed by atoms with E-state index in [4.69, 9.17) is 4.74 Å². The van der Waals surface area contributed by atoms with Crippen LogP contribution in [0.3, 0.4) is 0 Å². The first-order chi connectivity index (χ1) is 11.2. The van der Waals surface area contributed by atoms with Crippen molar-refractivity contribution in [2.24, 2.45) is 0 Å². The number of alkyl halides is 3. The number of ether oxygens (including phenoxy) is 1. The molecule has 0 fully saturated rings. The predicted octanol–water partition coefficient (Wildman–Crippen LogP) is 4.58. The fraction of sp³-hybridized carbons (Fsp3) is 0.375. The van der Waals surface area contributed by atoms with Crippen LogP contribution in [-0.4, -0.2) is 22.6 Å². The molecule has 0 bridgehead atoms. The van der Waals surface area contributed by atoms with Crippen molar-refractivity contribution in [1.82, 2.24) is 9.97 Å². The minimum Gasteiger partial charge on any atom is -0.474 e. The highest BCUT2D eigenvalue weighted by Crippen LogP contribution is 2.36. The molecule has 0 amide bonds. The van der Waals surface area contributed by atoms with E-state index in [1.54, 1.807) is 26.8 Å². The minimum atomic E-state index is -4.63. The fourth-order valence-electron chi connectivity index (χ4n) is 2.08. The van der Waals surface area contributed by atoms with Gasteiger partial charge in [-0.05, 0) is 39.0 Å². The third-order valence-electron chi connectivity index (χ3n) is 3.07. The predicted molar refractivity (Wildman–Crippen MR) is 81.9 cm³/mol. The maximum Gasteiger partial charge on any atom is 0.423 e. The molecule has 8 heteroatoms. The summed E-state index contributed by atoms with van der Waals surface area (Å²) in [7, 11) is 0. The normalized spacial score (nSPS) is 11.7. The van der Waals surface area contributed by atoms with Gasteiger partial charge in [0.05, 0.1) is 6.10 Å². The molecule has 0 unspecified atom stereocenters. The first kappa shape index (κ1) is 18.0. The van der Waals surface area contributed by atoms with Crippen molar-refractivity contribution in [3.05, 3.63) is 41.8 Å². The van der Waals surface area contributed by atoms with Crippen molar-refractivity contribution in [2.75, 3.05) is 11.4 Å². The molecule has 0 spiro atoms. The summed E-state index contributed by atoms with van der Waals surface area (Å²) in [6.45, 7) is 5.31. The molecule has 1 aromatic heterocycles. The van der Waals surface area contributed by atoms with Crippen LogP contribution in [0, 0.1) is 5.82 Å². The monoisotopic (exact) mass is 343 g/mol. The first-order valence-corrected chi connectivity index (χ1v) is 7.36. The van der Waals surface area contributed by atoms with Crippen LogP contribution >= 0.6 is 0 Å². The molecule has 0 radical (unpaired) electrons. The van der Waals surface area contributed by atoms with E-state index in [-0.39, 0.29) is 5.95 Å². The van der Waals surface area contributed by atoms with E-state index in [0.29, 0.717) is 18.4 Å². The van der Waals surface area contributed by atoms with Crippen LogP contribution in [0.5, 0.6) is 5.88 Å². The Kier molecular flexibility index (Phi) is 5.26. The van der Waals surface area contributed by atoms with Crippen molar-refractivity contribution in [1.29, 1.82) is 0 Å². The van der Waals surface area contributed by atoms with E-state index in [1.807, 2.05) is 0 Å². The summed E-state index contributed by atoms with van der Waals surface area (Å²) in [4.78, 5) is 9.19. The number of anilines is 2. The van der Waals surface area contributed by atoms with Crippen LogP contribution < -0.4 is 9.64 Å². The van der Waals surface area contributed by atoms with Gasteiger partial charge < -0.3 is 9.64 Å². The van der Waals surface area contributed by atoms with Crippen LogP contribution in [-0.2, 0) is 6.18 Å². The second-order valence-electron chi connectivity index (χ2n) is 5.28. The van der Waals surface area contributed by atoms with Gasteiger partial charge in [0.15, 0.2) is 0 Å². The van der Waals surface area contributed by atoms with E-state index in [0.717, 1.165) is 0 Å². The van der Waals surface area contributed by atoms with Crippen molar-refractivity contribution in [3.63, 3.8) is 0 Å². The third kappa shape index (κ3) is 4.12. The van der Waals surface area contributed by atoms with Crippen LogP contribution in [0.2, 0.25) is 0 Å². The average Bonchev–Trinajstić information content (AvgIpc) is 2.46. The Balaban J connectivity index is 2.49. The number of nitrogens with zero attached hydrogens (tertiary/aromatic N) is 3. The molecule has 24 heavy (non-hydrogen) atoms. The summed E-state index contributed by atoms with van der Waals surface area (Å²) in [6, 6.07) is 5.66. The lowest BCUT2D eigenvalue weighted by Crippen LogP contribution is -2.21. The zero-order valence-corrected chi connectivity index (χ0v) is 13.4. The van der Waals surface area contributed by atoms with E-state index in [2.05, 4.69) is 9.97 Å². The van der Waals surface area contributed by atoms with Crippen molar-refractivity contribution >= 4 is 11.6 Å². The van der Waals surface area contributed by atoms with Crippen LogP contribution in [0.4, 0.5) is 29.2 Å². The van der Waals surface area contributed by atoms with Gasteiger partial charge in [-0.1, -0.05) is 6.07 Å². The van der Waals surface area contributed by atoms with Gasteiger partial charge in [-0.3, -0.25) is 0 Å². The standard InChI is InChI=1S/C16H17F4N3O/c1-4-23(12-7-5-6-11(17)8-12)15-21-9-13(16(18,19)20)14(22-15)24-10(2)3/h5-10H,4H2,1-3H3. The fourth-order valence-corrected chi connectivity index (χ4v) is 2.08. The zero-order chi connectivity index (χ0) is 17.9. The van der Waals surface area contributed by atoms with E-state index >= 15 is 0 Å². The van der Waals surface area contributed by atoms with Gasteiger partial charge in [0.1, 0.15) is 11.4 Å². The quantitative estimate of drug-likeness (QED) is 0.745. The molecule has 0 saturated heterocycles. The third-order valence-corrected chi connectivity index (χ3v) is 3.07. The summed E-state index contributed by atoms with van der Waals surface area (Å²) in [5.41, 5.74) is -0.608. The lowest BCUT2D eigenvalue weighted by atomic mass is 10.3. The Morgan fingerprint density at radius 3 is 2.50 bits per heavy atom. The molecule has 2 rings (SSSR count). The molecule has 0 aliphatic rings. The molecule has 4 nitrogen and oxygen atoms in total. The lowest BCUT2D eigenvalue weighted by Gasteiger charge is -2.23. The van der Waals surface area contributed by atoms with Crippen LogP contribution in [0.15, 0.2) is 30.5 Å². The molecule has 0 aliphatic heterocycles. The highest BCUT2D eigenvalue weighted by atomic mass is 19.4. The second kappa shape index (κ2) is 7.02. The van der Waals surface area contributed by atoms with Gasteiger partial charge in [-0.25, -0.2) is 9.37 Å². The Hall–Kier alpha value is -2.38. The number of hydrogen-bond donors (Lipinski definition) is 0. The highest BCUT2D eigenvalue weighted by molar-refractivity contribution is 5.57. The smallest absolute Gasteiger partial charge is 0.423 e. The van der Waals surface area contributed by atoms with Gasteiger partial charge in [0, 0.05) is 18.4 Å². The van der Waals surface area contributed by atoms with Gasteiger partial charge in [0.25, 0.3) is 0 Å².